The van der Waals surface area contributed by atoms with Gasteiger partial charge >= 0.3 is 0 Å². The van der Waals surface area contributed by atoms with E-state index in [1.165, 1.54) is 12.1 Å². The number of halogens is 2. The Bertz CT molecular complexity index is 754. The summed E-state index contributed by atoms with van der Waals surface area (Å²) in [6.45, 7) is 1.88. The van der Waals surface area contributed by atoms with Gasteiger partial charge in [0.2, 0.25) is 0 Å². The minimum atomic E-state index is -0.789. The van der Waals surface area contributed by atoms with Crippen molar-refractivity contribution in [3.8, 4) is 17.2 Å². The van der Waals surface area contributed by atoms with Gasteiger partial charge in [0, 0.05) is 6.54 Å². The fourth-order valence-electron chi connectivity index (χ4n) is 2.14. The van der Waals surface area contributed by atoms with Gasteiger partial charge in [-0.1, -0.05) is 17.7 Å². The normalized spacial score (nSPS) is 11.6. The van der Waals surface area contributed by atoms with E-state index in [-0.39, 0.29) is 16.7 Å². The number of methoxy groups -OCH3 is 2. The maximum atomic E-state index is 13.0. The van der Waals surface area contributed by atoms with Crippen LogP contribution in [0.25, 0.3) is 0 Å². The van der Waals surface area contributed by atoms with Crippen LogP contribution in [-0.4, -0.2) is 26.2 Å². The Labute approximate surface area is 150 Å². The molecule has 0 fully saturated rings. The summed E-state index contributed by atoms with van der Waals surface area (Å²) in [6.07, 6.45) is -0.789. The van der Waals surface area contributed by atoms with Crippen LogP contribution < -0.4 is 19.5 Å². The fraction of sp³-hybridized carbons (Fsp3) is 0.278. The molecular formula is C18H19ClFNO4. The highest BCUT2D eigenvalue weighted by atomic mass is 35.5. The van der Waals surface area contributed by atoms with Crippen molar-refractivity contribution in [2.24, 2.45) is 0 Å². The van der Waals surface area contributed by atoms with E-state index in [2.05, 4.69) is 5.32 Å². The average Bonchev–Trinajstić information content (AvgIpc) is 2.61. The molecule has 1 amide bonds. The highest BCUT2D eigenvalue weighted by molar-refractivity contribution is 6.32. The molecule has 1 atom stereocenters. The Morgan fingerprint density at radius 3 is 2.44 bits per heavy atom. The average molecular weight is 368 g/mol. The summed E-state index contributed by atoms with van der Waals surface area (Å²) in [5.74, 6) is 0.645. The van der Waals surface area contributed by atoms with Crippen molar-refractivity contribution >= 4 is 17.5 Å². The highest BCUT2D eigenvalue weighted by Crippen LogP contribution is 2.28. The zero-order chi connectivity index (χ0) is 18.4. The second-order valence-corrected chi connectivity index (χ2v) is 5.65. The van der Waals surface area contributed by atoms with E-state index >= 15 is 0 Å². The van der Waals surface area contributed by atoms with Crippen LogP contribution in [0.4, 0.5) is 4.39 Å². The number of hydrogen-bond donors (Lipinski definition) is 1. The number of rotatable bonds is 7. The van der Waals surface area contributed by atoms with Crippen LogP contribution in [0.1, 0.15) is 12.5 Å². The number of amides is 1. The van der Waals surface area contributed by atoms with E-state index < -0.39 is 11.9 Å². The molecule has 0 aliphatic heterocycles. The van der Waals surface area contributed by atoms with Gasteiger partial charge in [0.1, 0.15) is 11.6 Å². The first-order valence-corrected chi connectivity index (χ1v) is 7.92. The summed E-state index contributed by atoms with van der Waals surface area (Å²) < 4.78 is 28.9. The lowest BCUT2D eigenvalue weighted by Crippen LogP contribution is -2.35. The second kappa shape index (κ2) is 8.58. The molecule has 0 saturated carbocycles. The van der Waals surface area contributed by atoms with E-state index in [0.29, 0.717) is 18.0 Å². The molecule has 0 unspecified atom stereocenters. The van der Waals surface area contributed by atoms with Crippen LogP contribution in [0.5, 0.6) is 17.2 Å². The van der Waals surface area contributed by atoms with Crippen LogP contribution in [-0.2, 0) is 11.3 Å². The number of benzene rings is 2. The zero-order valence-electron chi connectivity index (χ0n) is 14.1. The summed E-state index contributed by atoms with van der Waals surface area (Å²) in [5.41, 5.74) is 0.845. The summed E-state index contributed by atoms with van der Waals surface area (Å²) in [4.78, 5) is 12.2. The van der Waals surface area contributed by atoms with Crippen LogP contribution in [0.3, 0.4) is 0 Å². The molecular weight excluding hydrogens is 349 g/mol. The molecule has 5 nitrogen and oxygen atoms in total. The Morgan fingerprint density at radius 1 is 1.12 bits per heavy atom. The van der Waals surface area contributed by atoms with Crippen molar-refractivity contribution in [3.05, 3.63) is 52.8 Å². The van der Waals surface area contributed by atoms with Gasteiger partial charge < -0.3 is 19.5 Å². The third kappa shape index (κ3) is 5.00. The summed E-state index contributed by atoms with van der Waals surface area (Å²) >= 11 is 5.89. The predicted octanol–water partition coefficient (Wildman–Crippen LogP) is 3.58. The maximum absolute atomic E-state index is 13.0. The molecule has 0 aromatic heterocycles. The van der Waals surface area contributed by atoms with Crippen molar-refractivity contribution in [2.75, 3.05) is 14.2 Å². The SMILES string of the molecule is COc1ccc(CNC(=O)[C@H](C)Oc2ccc(F)cc2Cl)cc1OC. The van der Waals surface area contributed by atoms with Gasteiger partial charge in [0.15, 0.2) is 17.6 Å². The quantitative estimate of drug-likeness (QED) is 0.812. The van der Waals surface area contributed by atoms with Gasteiger partial charge in [-0.05, 0) is 42.8 Å². The molecule has 7 heteroatoms. The molecule has 0 aliphatic rings. The first-order chi connectivity index (χ1) is 11.9. The maximum Gasteiger partial charge on any atom is 0.261 e. The molecule has 2 rings (SSSR count). The topological polar surface area (TPSA) is 56.8 Å². The molecule has 25 heavy (non-hydrogen) atoms. The highest BCUT2D eigenvalue weighted by Gasteiger charge is 2.16. The fourth-order valence-corrected chi connectivity index (χ4v) is 2.35. The van der Waals surface area contributed by atoms with E-state index in [1.54, 1.807) is 33.3 Å². The van der Waals surface area contributed by atoms with Crippen molar-refractivity contribution in [3.63, 3.8) is 0 Å². The van der Waals surface area contributed by atoms with Crippen LogP contribution in [0.2, 0.25) is 5.02 Å². The summed E-state index contributed by atoms with van der Waals surface area (Å²) in [7, 11) is 3.10. The standard InChI is InChI=1S/C18H19ClFNO4/c1-11(25-15-7-5-13(20)9-14(15)19)18(22)21-10-12-4-6-16(23-2)17(8-12)24-3/h4-9,11H,10H2,1-3H3,(H,21,22)/t11-/m0/s1. The molecule has 0 heterocycles. The van der Waals surface area contributed by atoms with Gasteiger partial charge in [0.25, 0.3) is 5.91 Å². The Kier molecular flexibility index (Phi) is 6.47. The minimum Gasteiger partial charge on any atom is -0.493 e. The predicted molar refractivity (Wildman–Crippen MR) is 92.9 cm³/mol. The lowest BCUT2D eigenvalue weighted by atomic mass is 10.2. The van der Waals surface area contributed by atoms with Crippen molar-refractivity contribution in [2.45, 2.75) is 19.6 Å². The van der Waals surface area contributed by atoms with E-state index in [1.807, 2.05) is 6.07 Å². The largest absolute Gasteiger partial charge is 0.493 e. The molecule has 2 aromatic rings. The van der Waals surface area contributed by atoms with Gasteiger partial charge in [-0.25, -0.2) is 4.39 Å². The number of hydrogen-bond acceptors (Lipinski definition) is 4. The van der Waals surface area contributed by atoms with E-state index in [4.69, 9.17) is 25.8 Å². The molecule has 0 radical (unpaired) electrons. The van der Waals surface area contributed by atoms with E-state index in [9.17, 15) is 9.18 Å². The van der Waals surface area contributed by atoms with Crippen LogP contribution >= 0.6 is 11.6 Å². The van der Waals surface area contributed by atoms with Gasteiger partial charge in [-0.2, -0.15) is 0 Å². The van der Waals surface area contributed by atoms with Crippen molar-refractivity contribution in [1.29, 1.82) is 0 Å². The molecule has 2 aromatic carbocycles. The first-order valence-electron chi connectivity index (χ1n) is 7.55. The number of nitrogens with one attached hydrogen (secondary N) is 1. The van der Waals surface area contributed by atoms with Crippen LogP contribution in [0, 0.1) is 5.82 Å². The molecule has 0 spiro atoms. The molecule has 1 N–H and O–H groups in total. The van der Waals surface area contributed by atoms with Gasteiger partial charge in [-0.3, -0.25) is 4.79 Å². The number of carbonyl (C=O) groups is 1. The van der Waals surface area contributed by atoms with E-state index in [0.717, 1.165) is 11.6 Å². The second-order valence-electron chi connectivity index (χ2n) is 5.24. The number of ether oxygens (including phenoxy) is 3. The molecule has 0 aliphatic carbocycles. The Balaban J connectivity index is 1.95. The summed E-state index contributed by atoms with van der Waals surface area (Å²) in [6, 6.07) is 9.10. The smallest absolute Gasteiger partial charge is 0.261 e. The lowest BCUT2D eigenvalue weighted by molar-refractivity contribution is -0.127. The third-order valence-corrected chi connectivity index (χ3v) is 3.78. The van der Waals surface area contributed by atoms with Crippen LogP contribution in [0.15, 0.2) is 36.4 Å². The monoisotopic (exact) mass is 367 g/mol. The third-order valence-electron chi connectivity index (χ3n) is 3.48. The lowest BCUT2D eigenvalue weighted by Gasteiger charge is -2.16. The molecule has 0 saturated heterocycles. The Hall–Kier alpha value is -2.47. The Morgan fingerprint density at radius 2 is 1.80 bits per heavy atom. The van der Waals surface area contributed by atoms with Gasteiger partial charge in [0.05, 0.1) is 19.2 Å². The zero-order valence-corrected chi connectivity index (χ0v) is 14.9. The van der Waals surface area contributed by atoms with Crippen molar-refractivity contribution in [1.82, 2.24) is 5.32 Å². The molecule has 134 valence electrons. The van der Waals surface area contributed by atoms with Gasteiger partial charge in [-0.15, -0.1) is 0 Å². The first kappa shape index (κ1) is 18.9. The summed E-state index contributed by atoms with van der Waals surface area (Å²) in [5, 5.41) is 2.87. The molecule has 0 bridgehead atoms. The van der Waals surface area contributed by atoms with Crippen molar-refractivity contribution < 1.29 is 23.4 Å². The number of carbonyl (C=O) groups excluding carboxylic acids is 1. The minimum absolute atomic E-state index is 0.111.